The molecule has 5 heteroatoms. The number of benzene rings is 3. The lowest BCUT2D eigenvalue weighted by Crippen LogP contribution is -2.27. The van der Waals surface area contributed by atoms with E-state index in [0.717, 1.165) is 40.6 Å². The average molecular weight is 475 g/mol. The van der Waals surface area contributed by atoms with Crippen LogP contribution in [0.2, 0.25) is 5.02 Å². The molecule has 1 saturated carbocycles. The summed E-state index contributed by atoms with van der Waals surface area (Å²) in [6.07, 6.45) is 1.61. The van der Waals surface area contributed by atoms with Gasteiger partial charge in [-0.3, -0.25) is 4.79 Å². The number of fused-ring (bicyclic) bond motifs is 1. The van der Waals surface area contributed by atoms with Crippen LogP contribution < -0.4 is 10.1 Å². The zero-order valence-electron chi connectivity index (χ0n) is 19.7. The van der Waals surface area contributed by atoms with Crippen molar-refractivity contribution < 1.29 is 11.0 Å². The van der Waals surface area contributed by atoms with Gasteiger partial charge in [-0.05, 0) is 60.4 Å². The normalized spacial score (nSPS) is 14.7. The first kappa shape index (κ1) is 22.5. The van der Waals surface area contributed by atoms with E-state index in [-0.39, 0.29) is 12.7 Å². The van der Waals surface area contributed by atoms with Crippen molar-refractivity contribution in [1.29, 1.82) is 0 Å². The zero-order valence-corrected chi connectivity index (χ0v) is 20.5. The second-order valence-corrected chi connectivity index (χ2v) is 10.6. The Hall–Kier alpha value is -3.24. The van der Waals surface area contributed by atoms with E-state index in [4.69, 9.17) is 16.3 Å². The van der Waals surface area contributed by atoms with Crippen LogP contribution in [0.1, 0.15) is 51.9 Å². The number of carbonyl (C=O) groups is 1. The Bertz CT molecular complexity index is 1350. The summed E-state index contributed by atoms with van der Waals surface area (Å²) in [5, 5.41) is 4.79. The maximum absolute atomic E-state index is 13.4. The highest BCUT2D eigenvalue weighted by molar-refractivity contribution is 6.32. The Labute approximate surface area is 206 Å². The number of H-pyrrole nitrogens is 1. The van der Waals surface area contributed by atoms with Crippen LogP contribution in [0.25, 0.3) is 10.9 Å². The summed E-state index contributed by atoms with van der Waals surface area (Å²) in [7, 11) is 0. The molecule has 5 rings (SSSR count). The van der Waals surface area contributed by atoms with Crippen molar-refractivity contribution in [2.24, 2.45) is 0 Å². The quantitative estimate of drug-likeness (QED) is 0.302. The van der Waals surface area contributed by atoms with Gasteiger partial charge in [0.05, 0.1) is 10.4 Å². The molecule has 4 aromatic rings. The van der Waals surface area contributed by atoms with Crippen LogP contribution in [0, 0.1) is 0 Å². The number of hydrogen-bond acceptors (Lipinski definition) is 2. The van der Waals surface area contributed by atoms with Crippen molar-refractivity contribution in [3.8, 4) is 5.75 Å². The van der Waals surface area contributed by atoms with E-state index >= 15 is 0 Å². The number of aromatic amines is 1. The minimum Gasteiger partial charge on any atom is -0.487 e. The first-order valence-corrected chi connectivity index (χ1v) is 12.0. The van der Waals surface area contributed by atoms with E-state index in [1.165, 1.54) is 5.69 Å². The molecule has 1 aliphatic carbocycles. The molecule has 1 aliphatic rings. The Kier molecular flexibility index (Phi) is 5.65. The third-order valence-corrected chi connectivity index (χ3v) is 6.90. The number of nitrogens with one attached hydrogen (secondary N) is 2. The topological polar surface area (TPSA) is 54.1 Å². The second kappa shape index (κ2) is 8.52. The van der Waals surface area contributed by atoms with E-state index in [0.29, 0.717) is 17.4 Å². The zero-order chi connectivity index (χ0) is 23.9. The van der Waals surface area contributed by atoms with Crippen LogP contribution in [0.5, 0.6) is 5.75 Å². The molecule has 0 radical (unpaired) electrons. The van der Waals surface area contributed by atoms with Gasteiger partial charge in [0.15, 0.2) is 0 Å². The average Bonchev–Trinajstić information content (AvgIpc) is 3.51. The molecule has 3 aromatic carbocycles. The summed E-state index contributed by atoms with van der Waals surface area (Å²) in [5.41, 5.74) is 4.55. The Morgan fingerprint density at radius 3 is 2.53 bits per heavy atom. The van der Waals surface area contributed by atoms with Crippen molar-refractivity contribution in [3.05, 3.63) is 94.6 Å². The second-order valence-electron chi connectivity index (χ2n) is 10.2. The van der Waals surface area contributed by atoms with E-state index in [1.54, 1.807) is 0 Å². The monoisotopic (exact) mass is 474 g/mol. The summed E-state index contributed by atoms with van der Waals surface area (Å²) in [5.74, 6) is 0.611. The number of anilines is 1. The van der Waals surface area contributed by atoms with Crippen molar-refractivity contribution in [2.75, 3.05) is 5.32 Å². The molecule has 4 nitrogen and oxygen atoms in total. The molecule has 0 spiro atoms. The van der Waals surface area contributed by atoms with Gasteiger partial charge in [-0.2, -0.15) is 0 Å². The molecule has 1 heterocycles. The van der Waals surface area contributed by atoms with Crippen LogP contribution in [0.15, 0.2) is 72.8 Å². The van der Waals surface area contributed by atoms with Crippen LogP contribution in [-0.2, 0) is 22.2 Å². The third kappa shape index (κ3) is 4.43. The van der Waals surface area contributed by atoms with Gasteiger partial charge < -0.3 is 15.0 Å². The number of aromatic nitrogens is 1. The molecule has 0 atom stereocenters. The largest absolute Gasteiger partial charge is 0.487 e. The Morgan fingerprint density at radius 1 is 1.06 bits per heavy atom. The molecule has 0 bridgehead atoms. The van der Waals surface area contributed by atoms with E-state index < -0.39 is 5.41 Å². The molecule has 1 amide bonds. The fourth-order valence-electron chi connectivity index (χ4n) is 4.28. The number of hydrogen-bond donors (Lipinski definition) is 2. The van der Waals surface area contributed by atoms with Crippen molar-refractivity contribution >= 4 is 34.1 Å². The molecular formula is C29H31ClN2O2. The lowest BCUT2D eigenvalue weighted by molar-refractivity contribution is -0.118. The molecule has 176 valence electrons. The molecule has 2 N–H and O–H groups in total. The van der Waals surface area contributed by atoms with Crippen LogP contribution in [0.3, 0.4) is 0 Å². The minimum atomic E-state index is -0.543. The van der Waals surface area contributed by atoms with Gasteiger partial charge in [-0.1, -0.05) is 68.8 Å². The van der Waals surface area contributed by atoms with Crippen LogP contribution in [-0.4, -0.2) is 10.9 Å². The van der Waals surface area contributed by atoms with E-state index in [9.17, 15) is 4.79 Å². The lowest BCUT2D eigenvalue weighted by atomic mass is 9.92. The van der Waals surface area contributed by atoms with Crippen molar-refractivity contribution in [3.63, 3.8) is 0 Å². The van der Waals surface area contributed by atoms with Gasteiger partial charge in [0.25, 0.3) is 0 Å². The predicted molar refractivity (Wildman–Crippen MR) is 141 cm³/mol. The van der Waals surface area contributed by atoms with Gasteiger partial charge in [0.1, 0.15) is 12.4 Å². The van der Waals surface area contributed by atoms with Crippen LogP contribution >= 0.6 is 11.6 Å². The fourth-order valence-corrected chi connectivity index (χ4v) is 4.46. The summed E-state index contributed by atoms with van der Waals surface area (Å²) >= 11 is 6.40. The third-order valence-electron chi connectivity index (χ3n) is 6.59. The van der Waals surface area contributed by atoms with Crippen molar-refractivity contribution in [1.82, 2.24) is 4.98 Å². The van der Waals surface area contributed by atoms with E-state index in [2.05, 4.69) is 37.1 Å². The fraction of sp³-hybridized carbons (Fsp3) is 0.276. The van der Waals surface area contributed by atoms with E-state index in [1.807, 2.05) is 66.7 Å². The maximum Gasteiger partial charge on any atom is 0.235 e. The Morgan fingerprint density at radius 2 is 1.82 bits per heavy atom. The standard InChI is InChI=1S/C29H29ClN2O2.H2/c1-28(2,3)26-16-20-15-22(10-12-24(20)32-26)31-27(33)29(13-14-29)21-9-11-23(30)25(17-21)34-18-19-7-5-4-6-8-19;/h4-12,15-17,32H,13-14,18H2,1-3H3,(H,31,33);1H. The summed E-state index contributed by atoms with van der Waals surface area (Å²) in [4.78, 5) is 16.9. The smallest absolute Gasteiger partial charge is 0.235 e. The minimum absolute atomic E-state index is 0. The van der Waals surface area contributed by atoms with Gasteiger partial charge in [0, 0.05) is 29.1 Å². The first-order valence-electron chi connectivity index (χ1n) is 11.7. The number of carbonyl (C=O) groups excluding carboxylic acids is 1. The number of halogens is 1. The number of ether oxygens (including phenoxy) is 1. The molecule has 0 aliphatic heterocycles. The first-order chi connectivity index (χ1) is 16.2. The number of amides is 1. The van der Waals surface area contributed by atoms with Gasteiger partial charge in [0.2, 0.25) is 5.91 Å². The predicted octanol–water partition coefficient (Wildman–Crippen LogP) is 7.61. The SMILES string of the molecule is CC(C)(C)c1cc2cc(NC(=O)C3(c4ccc(Cl)c(OCc5ccccc5)c4)CC3)ccc2[nH]1.[HH]. The highest BCUT2D eigenvalue weighted by Gasteiger charge is 2.51. The maximum atomic E-state index is 13.4. The van der Waals surface area contributed by atoms with Gasteiger partial charge in [-0.15, -0.1) is 0 Å². The lowest BCUT2D eigenvalue weighted by Gasteiger charge is -2.18. The summed E-state index contributed by atoms with van der Waals surface area (Å²) < 4.78 is 6.00. The summed E-state index contributed by atoms with van der Waals surface area (Å²) in [6, 6.07) is 23.8. The molecule has 1 fully saturated rings. The highest BCUT2D eigenvalue weighted by Crippen LogP contribution is 2.50. The highest BCUT2D eigenvalue weighted by atomic mass is 35.5. The van der Waals surface area contributed by atoms with Crippen molar-refractivity contribution in [2.45, 2.75) is 51.0 Å². The molecule has 1 aromatic heterocycles. The van der Waals surface area contributed by atoms with Crippen LogP contribution in [0.4, 0.5) is 5.69 Å². The summed E-state index contributed by atoms with van der Waals surface area (Å²) in [6.45, 7) is 6.97. The van der Waals surface area contributed by atoms with Gasteiger partial charge >= 0.3 is 0 Å². The molecule has 0 saturated heterocycles. The molecule has 34 heavy (non-hydrogen) atoms. The van der Waals surface area contributed by atoms with Gasteiger partial charge in [-0.25, -0.2) is 0 Å². The Balaban J connectivity index is 0.00000289. The molecular weight excluding hydrogens is 444 g/mol. The number of rotatable bonds is 6. The molecule has 0 unspecified atom stereocenters.